The van der Waals surface area contributed by atoms with E-state index >= 15 is 0 Å². The second kappa shape index (κ2) is 6.96. The molecule has 4 nitrogen and oxygen atoms in total. The Morgan fingerprint density at radius 2 is 2.37 bits per heavy atom. The Bertz CT molecular complexity index is 529. The van der Waals surface area contributed by atoms with E-state index in [4.69, 9.17) is 17.4 Å². The van der Waals surface area contributed by atoms with Crippen LogP contribution in [0.2, 0.25) is 5.02 Å². The van der Waals surface area contributed by atoms with Gasteiger partial charge >= 0.3 is 0 Å². The first-order valence-electron chi connectivity index (χ1n) is 6.09. The van der Waals surface area contributed by atoms with E-state index in [1.165, 1.54) is 0 Å². The van der Waals surface area contributed by atoms with Gasteiger partial charge in [0, 0.05) is 34.0 Å². The van der Waals surface area contributed by atoms with Crippen LogP contribution < -0.4 is 11.3 Å². The van der Waals surface area contributed by atoms with Crippen LogP contribution in [0.25, 0.3) is 0 Å². The van der Waals surface area contributed by atoms with Gasteiger partial charge in [0.25, 0.3) is 0 Å². The van der Waals surface area contributed by atoms with Crippen molar-refractivity contribution in [3.05, 3.63) is 47.2 Å². The quantitative estimate of drug-likeness (QED) is 0.489. The van der Waals surface area contributed by atoms with Crippen LogP contribution in [0.15, 0.2) is 41.6 Å². The molecule has 0 saturated carbocycles. The maximum atomic E-state index is 5.97. The molecule has 0 fully saturated rings. The van der Waals surface area contributed by atoms with Gasteiger partial charge in [-0.1, -0.05) is 17.7 Å². The smallest absolute Gasteiger partial charge is 0.0584 e. The number of rotatable bonds is 6. The highest BCUT2D eigenvalue weighted by molar-refractivity contribution is 7.99. The number of hydrazine groups is 1. The van der Waals surface area contributed by atoms with Gasteiger partial charge in [-0.05, 0) is 25.1 Å². The Hall–Kier alpha value is -1.01. The van der Waals surface area contributed by atoms with Crippen molar-refractivity contribution in [2.45, 2.75) is 24.4 Å². The SMILES string of the molecule is CCn1cc(C(CSc2cccc(Cl)c2)NN)cn1. The Morgan fingerprint density at radius 1 is 1.53 bits per heavy atom. The average molecular weight is 297 g/mol. The van der Waals surface area contributed by atoms with Crippen LogP contribution in [0.4, 0.5) is 0 Å². The lowest BCUT2D eigenvalue weighted by Crippen LogP contribution is -2.29. The number of aryl methyl sites for hydroxylation is 1. The van der Waals surface area contributed by atoms with E-state index in [0.717, 1.165) is 27.8 Å². The molecule has 0 aliphatic heterocycles. The van der Waals surface area contributed by atoms with Crippen molar-refractivity contribution in [1.82, 2.24) is 15.2 Å². The minimum absolute atomic E-state index is 0.0734. The number of benzene rings is 1. The van der Waals surface area contributed by atoms with Gasteiger partial charge in [-0.3, -0.25) is 16.0 Å². The van der Waals surface area contributed by atoms with E-state index in [1.807, 2.05) is 41.3 Å². The summed E-state index contributed by atoms with van der Waals surface area (Å²) in [5.41, 5.74) is 3.93. The van der Waals surface area contributed by atoms with Gasteiger partial charge in [-0.25, -0.2) is 0 Å². The Labute approximate surface area is 122 Å². The first kappa shape index (κ1) is 14.4. The third kappa shape index (κ3) is 3.98. The summed E-state index contributed by atoms with van der Waals surface area (Å²) in [6.45, 7) is 2.92. The Balaban J connectivity index is 1.99. The first-order valence-corrected chi connectivity index (χ1v) is 7.46. The molecule has 1 aromatic carbocycles. The second-order valence-corrected chi connectivity index (χ2v) is 5.65. The van der Waals surface area contributed by atoms with E-state index in [-0.39, 0.29) is 6.04 Å². The highest BCUT2D eigenvalue weighted by atomic mass is 35.5. The van der Waals surface area contributed by atoms with Crippen LogP contribution in [0.5, 0.6) is 0 Å². The molecule has 102 valence electrons. The van der Waals surface area contributed by atoms with Gasteiger partial charge < -0.3 is 0 Å². The molecule has 0 bridgehead atoms. The number of nitrogens with zero attached hydrogens (tertiary/aromatic N) is 2. The van der Waals surface area contributed by atoms with Gasteiger partial charge in [-0.2, -0.15) is 5.10 Å². The maximum absolute atomic E-state index is 5.97. The van der Waals surface area contributed by atoms with Crippen LogP contribution >= 0.6 is 23.4 Å². The van der Waals surface area contributed by atoms with Crippen molar-refractivity contribution < 1.29 is 0 Å². The molecule has 0 spiro atoms. The molecule has 0 aliphatic carbocycles. The zero-order valence-corrected chi connectivity index (χ0v) is 12.3. The lowest BCUT2D eigenvalue weighted by Gasteiger charge is -2.13. The third-order valence-electron chi connectivity index (χ3n) is 2.79. The first-order chi connectivity index (χ1) is 9.22. The summed E-state index contributed by atoms with van der Waals surface area (Å²) in [5.74, 6) is 6.45. The lowest BCUT2D eigenvalue weighted by molar-refractivity contribution is 0.607. The van der Waals surface area contributed by atoms with E-state index in [0.29, 0.717) is 0 Å². The van der Waals surface area contributed by atoms with E-state index in [1.54, 1.807) is 11.8 Å². The second-order valence-electron chi connectivity index (χ2n) is 4.12. The molecule has 0 radical (unpaired) electrons. The molecular formula is C13H17ClN4S. The third-order valence-corrected chi connectivity index (χ3v) is 4.12. The topological polar surface area (TPSA) is 55.9 Å². The predicted octanol–water partition coefficient (Wildman–Crippen LogP) is 2.85. The minimum atomic E-state index is 0.0734. The summed E-state index contributed by atoms with van der Waals surface area (Å²) in [7, 11) is 0. The van der Waals surface area contributed by atoms with Crippen molar-refractivity contribution in [1.29, 1.82) is 0 Å². The minimum Gasteiger partial charge on any atom is -0.273 e. The monoisotopic (exact) mass is 296 g/mol. The summed E-state index contributed by atoms with van der Waals surface area (Å²) < 4.78 is 1.89. The molecule has 1 unspecified atom stereocenters. The standard InChI is InChI=1S/C13H17ClN4S/c1-2-18-8-10(7-16-18)13(17-15)9-19-12-5-3-4-11(14)6-12/h3-8,13,17H,2,9,15H2,1H3. The molecule has 0 saturated heterocycles. The predicted molar refractivity (Wildman–Crippen MR) is 80.1 cm³/mol. The van der Waals surface area contributed by atoms with Crippen molar-refractivity contribution in [2.75, 3.05) is 5.75 Å². The van der Waals surface area contributed by atoms with Crippen LogP contribution in [0.1, 0.15) is 18.5 Å². The summed E-state index contributed by atoms with van der Waals surface area (Å²) in [4.78, 5) is 1.13. The van der Waals surface area contributed by atoms with E-state index < -0.39 is 0 Å². The number of nitrogens with two attached hydrogens (primary N) is 1. The van der Waals surface area contributed by atoms with Gasteiger partial charge in [0.1, 0.15) is 0 Å². The van der Waals surface area contributed by atoms with Crippen molar-refractivity contribution >= 4 is 23.4 Å². The van der Waals surface area contributed by atoms with Crippen LogP contribution in [0, 0.1) is 0 Å². The fourth-order valence-electron chi connectivity index (χ4n) is 1.71. The van der Waals surface area contributed by atoms with Gasteiger partial charge in [-0.15, -0.1) is 11.8 Å². The highest BCUT2D eigenvalue weighted by Crippen LogP contribution is 2.26. The normalized spacial score (nSPS) is 12.6. The summed E-state index contributed by atoms with van der Waals surface area (Å²) >= 11 is 7.68. The molecule has 6 heteroatoms. The van der Waals surface area contributed by atoms with E-state index in [9.17, 15) is 0 Å². The van der Waals surface area contributed by atoms with Gasteiger partial charge in [0.2, 0.25) is 0 Å². The summed E-state index contributed by atoms with van der Waals surface area (Å²) in [5, 5.41) is 5.01. The molecular weight excluding hydrogens is 280 g/mol. The summed E-state index contributed by atoms with van der Waals surface area (Å²) in [6, 6.07) is 7.89. The Kier molecular flexibility index (Phi) is 5.27. The highest BCUT2D eigenvalue weighted by Gasteiger charge is 2.12. The number of thioether (sulfide) groups is 1. The molecule has 3 N–H and O–H groups in total. The fraction of sp³-hybridized carbons (Fsp3) is 0.308. The molecule has 0 aliphatic rings. The van der Waals surface area contributed by atoms with Gasteiger partial charge in [0.15, 0.2) is 0 Å². The number of hydrogen-bond acceptors (Lipinski definition) is 4. The van der Waals surface area contributed by atoms with Gasteiger partial charge in [0.05, 0.1) is 12.2 Å². The Morgan fingerprint density at radius 3 is 3.00 bits per heavy atom. The maximum Gasteiger partial charge on any atom is 0.0584 e. The average Bonchev–Trinajstić information content (AvgIpc) is 2.88. The molecule has 1 aromatic heterocycles. The molecule has 19 heavy (non-hydrogen) atoms. The fourth-order valence-corrected chi connectivity index (χ4v) is 3.00. The van der Waals surface area contributed by atoms with Crippen LogP contribution in [0.3, 0.4) is 0 Å². The number of aromatic nitrogens is 2. The number of halogens is 1. The molecule has 1 heterocycles. The van der Waals surface area contributed by atoms with Crippen LogP contribution in [-0.2, 0) is 6.54 Å². The largest absolute Gasteiger partial charge is 0.273 e. The number of hydrogen-bond donors (Lipinski definition) is 2. The molecule has 1 atom stereocenters. The molecule has 2 rings (SSSR count). The molecule has 2 aromatic rings. The lowest BCUT2D eigenvalue weighted by atomic mass is 10.2. The van der Waals surface area contributed by atoms with Crippen molar-refractivity contribution in [2.24, 2.45) is 5.84 Å². The zero-order valence-electron chi connectivity index (χ0n) is 10.7. The van der Waals surface area contributed by atoms with Crippen molar-refractivity contribution in [3.8, 4) is 0 Å². The zero-order chi connectivity index (χ0) is 13.7. The number of nitrogens with one attached hydrogen (secondary N) is 1. The summed E-state index contributed by atoms with van der Waals surface area (Å²) in [6.07, 6.45) is 3.87. The van der Waals surface area contributed by atoms with Crippen LogP contribution in [-0.4, -0.2) is 15.5 Å². The molecule has 0 amide bonds. The van der Waals surface area contributed by atoms with E-state index in [2.05, 4.69) is 17.4 Å². The van der Waals surface area contributed by atoms with Crippen molar-refractivity contribution in [3.63, 3.8) is 0 Å².